The van der Waals surface area contributed by atoms with Gasteiger partial charge in [0.2, 0.25) is 5.78 Å². The number of methoxy groups -OCH3 is 2. The third kappa shape index (κ3) is 6.63. The van der Waals surface area contributed by atoms with Crippen LogP contribution in [0.4, 0.5) is 4.39 Å². The molecule has 2 unspecified atom stereocenters. The lowest BCUT2D eigenvalue weighted by molar-refractivity contribution is -0.145. The number of allylic oxidation sites excluding steroid dienone is 2. The van der Waals surface area contributed by atoms with E-state index >= 15 is 0 Å². The summed E-state index contributed by atoms with van der Waals surface area (Å²) >= 11 is 11.0. The minimum absolute atomic E-state index is 0.0742. The molecule has 1 saturated heterocycles. The van der Waals surface area contributed by atoms with Crippen molar-refractivity contribution < 1.29 is 33.0 Å². The van der Waals surface area contributed by atoms with Crippen LogP contribution in [0.15, 0.2) is 12.2 Å². The summed E-state index contributed by atoms with van der Waals surface area (Å²) in [4.78, 5) is 40.3. The van der Waals surface area contributed by atoms with Crippen LogP contribution in [0.2, 0.25) is 0 Å². The molecule has 0 spiro atoms. The number of carbonyl (C=O) groups excluding carboxylic acids is 3. The maximum Gasteiger partial charge on any atom is 0.341 e. The Balaban J connectivity index is 1.88. The topological polar surface area (TPSA) is 108 Å². The first-order valence-electron chi connectivity index (χ1n) is 12.3. The molecule has 1 aromatic rings. The molecule has 2 atom stereocenters. The Morgan fingerprint density at radius 2 is 1.92 bits per heavy atom. The molecule has 204 valence electrons. The highest BCUT2D eigenvalue weighted by Gasteiger charge is 2.44. The molecular formula is C26H33Cl2FN2O6. The van der Waals surface area contributed by atoms with Gasteiger partial charge in [-0.25, -0.2) is 4.79 Å². The number of alkyl halides is 3. The summed E-state index contributed by atoms with van der Waals surface area (Å²) in [5.74, 6) is -2.58. The van der Waals surface area contributed by atoms with Crippen molar-refractivity contribution in [3.8, 4) is 5.75 Å². The van der Waals surface area contributed by atoms with Gasteiger partial charge in [0.05, 0.1) is 25.7 Å². The van der Waals surface area contributed by atoms with Crippen molar-refractivity contribution in [1.29, 1.82) is 0 Å². The molecule has 0 amide bonds. The van der Waals surface area contributed by atoms with Crippen molar-refractivity contribution in [3.63, 3.8) is 0 Å². The molecule has 2 N–H and O–H groups in total. The predicted octanol–water partition coefficient (Wildman–Crippen LogP) is 4.57. The lowest BCUT2D eigenvalue weighted by Crippen LogP contribution is -2.32. The average Bonchev–Trinajstić information content (AvgIpc) is 3.16. The molecule has 0 radical (unpaired) electrons. The van der Waals surface area contributed by atoms with Crippen molar-refractivity contribution in [2.75, 3.05) is 33.9 Å². The Labute approximate surface area is 226 Å². The van der Waals surface area contributed by atoms with Crippen molar-refractivity contribution in [2.45, 2.75) is 56.3 Å². The summed E-state index contributed by atoms with van der Waals surface area (Å²) in [7, 11) is 2.75. The van der Waals surface area contributed by atoms with Crippen molar-refractivity contribution in [3.05, 3.63) is 40.0 Å². The summed E-state index contributed by atoms with van der Waals surface area (Å²) in [5.41, 5.74) is 6.36. The minimum Gasteiger partial charge on any atom is -0.496 e. The number of hydrogen-bond acceptors (Lipinski definition) is 8. The third-order valence-corrected chi connectivity index (χ3v) is 7.28. The fourth-order valence-electron chi connectivity index (χ4n) is 5.08. The molecule has 0 aromatic heterocycles. The largest absolute Gasteiger partial charge is 0.496 e. The number of cyclic esters (lactones) is 1. The number of likely N-dealkylation sites (tertiary alicyclic amines) is 1. The van der Waals surface area contributed by atoms with Gasteiger partial charge in [-0.15, -0.1) is 0 Å². The fourth-order valence-corrected chi connectivity index (χ4v) is 5.27. The number of ether oxygens (including phenoxy) is 3. The molecule has 0 bridgehead atoms. The van der Waals surface area contributed by atoms with E-state index in [9.17, 15) is 18.8 Å². The number of benzene rings is 1. The van der Waals surface area contributed by atoms with E-state index in [0.717, 1.165) is 32.5 Å². The van der Waals surface area contributed by atoms with Gasteiger partial charge in [0.15, 0.2) is 6.23 Å². The van der Waals surface area contributed by atoms with Crippen LogP contribution in [0.25, 0.3) is 0 Å². The van der Waals surface area contributed by atoms with Crippen LogP contribution in [0, 0.1) is 12.8 Å². The van der Waals surface area contributed by atoms with Gasteiger partial charge in [0, 0.05) is 22.3 Å². The van der Waals surface area contributed by atoms with Gasteiger partial charge in [0.25, 0.3) is 0 Å². The number of Topliss-reactive ketones (excluding diaryl/α,β-unsaturated/α-hetero) is 1. The quantitative estimate of drug-likeness (QED) is 0.182. The lowest BCUT2D eigenvalue weighted by Gasteiger charge is -2.27. The average molecular weight is 559 g/mol. The van der Waals surface area contributed by atoms with Crippen molar-refractivity contribution in [1.82, 2.24) is 4.90 Å². The minimum atomic E-state index is -3.29. The van der Waals surface area contributed by atoms with Gasteiger partial charge in [-0.3, -0.25) is 15.3 Å². The number of piperidine rings is 1. The van der Waals surface area contributed by atoms with Gasteiger partial charge in [-0.1, -0.05) is 41.8 Å². The van der Waals surface area contributed by atoms with Crippen LogP contribution < -0.4 is 10.5 Å². The normalized spacial score (nSPS) is 19.0. The van der Waals surface area contributed by atoms with Gasteiger partial charge in [0.1, 0.15) is 5.75 Å². The second kappa shape index (κ2) is 12.6. The summed E-state index contributed by atoms with van der Waals surface area (Å²) in [5, 5.41) is 0. The number of fused-ring (bicyclic) bond motifs is 1. The Hall–Kier alpha value is -2.20. The summed E-state index contributed by atoms with van der Waals surface area (Å²) in [6.45, 7) is 4.53. The Morgan fingerprint density at radius 1 is 1.24 bits per heavy atom. The summed E-state index contributed by atoms with van der Waals surface area (Å²) in [6.07, 6.45) is 7.05. The Bertz CT molecular complexity index is 1070. The van der Waals surface area contributed by atoms with E-state index in [1.54, 1.807) is 19.1 Å². The number of carbonyl (C=O) groups is 3. The van der Waals surface area contributed by atoms with Gasteiger partial charge in [-0.05, 0) is 58.7 Å². The standard InChI is InChI=1S/C26H33Cl2FN2O6/c1-15-18-20(25(34)37-23(18)30)19(22(32)26(27,28)29)17(21(15)35-2)10-6-5-9-16(24(33)36-3)11-14-31-12-7-4-8-13-31/h5-6,16,23H,4,7-14,30H2,1-3H3. The molecule has 8 nitrogen and oxygen atoms in total. The van der Waals surface area contributed by atoms with E-state index < -0.39 is 22.6 Å². The first-order chi connectivity index (χ1) is 17.5. The lowest BCUT2D eigenvalue weighted by atomic mass is 9.87. The fraction of sp³-hybridized carbons (Fsp3) is 0.577. The first-order valence-corrected chi connectivity index (χ1v) is 13.0. The van der Waals surface area contributed by atoms with Crippen LogP contribution in [0.3, 0.4) is 0 Å². The molecule has 3 rings (SSSR count). The van der Waals surface area contributed by atoms with Crippen molar-refractivity contribution >= 4 is 40.9 Å². The van der Waals surface area contributed by atoms with Gasteiger partial charge in [-0.2, -0.15) is 4.39 Å². The van der Waals surface area contributed by atoms with Crippen LogP contribution >= 0.6 is 23.2 Å². The van der Waals surface area contributed by atoms with Crippen molar-refractivity contribution in [2.24, 2.45) is 11.7 Å². The summed E-state index contributed by atoms with van der Waals surface area (Å²) in [6, 6.07) is 0. The third-order valence-electron chi connectivity index (χ3n) is 6.94. The predicted molar refractivity (Wildman–Crippen MR) is 138 cm³/mol. The zero-order chi connectivity index (χ0) is 27.3. The second-order valence-electron chi connectivity index (χ2n) is 9.28. The molecular weight excluding hydrogens is 526 g/mol. The highest BCUT2D eigenvalue weighted by molar-refractivity contribution is 6.58. The second-order valence-corrected chi connectivity index (χ2v) is 10.5. The van der Waals surface area contributed by atoms with Gasteiger partial charge >= 0.3 is 16.5 Å². The smallest absolute Gasteiger partial charge is 0.341 e. The van der Waals surface area contributed by atoms with Gasteiger partial charge < -0.3 is 19.1 Å². The highest BCUT2D eigenvalue weighted by atomic mass is 35.5. The summed E-state index contributed by atoms with van der Waals surface area (Å²) < 4.78 is 26.7. The molecule has 2 heterocycles. The molecule has 0 saturated carbocycles. The zero-order valence-corrected chi connectivity index (χ0v) is 22.8. The molecule has 11 heteroatoms. The number of nitrogens with zero attached hydrogens (tertiary/aromatic N) is 1. The molecule has 1 aromatic carbocycles. The molecule has 2 aliphatic heterocycles. The number of hydrogen-bond donors (Lipinski definition) is 1. The van der Waals surface area contributed by atoms with Crippen LogP contribution in [0.5, 0.6) is 5.75 Å². The maximum absolute atomic E-state index is 14.4. The zero-order valence-electron chi connectivity index (χ0n) is 21.3. The number of nitrogens with two attached hydrogens (primary N) is 1. The molecule has 2 aliphatic rings. The van der Waals surface area contributed by atoms with E-state index in [1.165, 1.54) is 20.6 Å². The van der Waals surface area contributed by atoms with Crippen LogP contribution in [0.1, 0.15) is 75.7 Å². The SMILES string of the molecule is COC(=O)C(CC=CCc1c(OC)c(C)c2c(c1C(=O)C(F)(Cl)Cl)C(=O)OC2N)CCN1CCCCC1. The maximum atomic E-state index is 14.4. The monoisotopic (exact) mass is 558 g/mol. The molecule has 37 heavy (non-hydrogen) atoms. The number of rotatable bonds is 11. The Morgan fingerprint density at radius 3 is 2.51 bits per heavy atom. The number of esters is 2. The Kier molecular flexibility index (Phi) is 9.97. The first kappa shape index (κ1) is 29.4. The van der Waals surface area contributed by atoms with E-state index in [-0.39, 0.29) is 46.3 Å². The van der Waals surface area contributed by atoms with E-state index in [0.29, 0.717) is 18.4 Å². The highest BCUT2D eigenvalue weighted by Crippen LogP contribution is 2.43. The van der Waals surface area contributed by atoms with Crippen LogP contribution in [-0.4, -0.2) is 61.1 Å². The molecule has 0 aliphatic carbocycles. The number of ketones is 1. The van der Waals surface area contributed by atoms with Crippen LogP contribution in [-0.2, 0) is 20.7 Å². The van der Waals surface area contributed by atoms with E-state index in [4.69, 9.17) is 43.1 Å². The number of halogens is 3. The van der Waals surface area contributed by atoms with E-state index in [2.05, 4.69) is 4.90 Å². The van der Waals surface area contributed by atoms with E-state index in [1.807, 2.05) is 0 Å². The molecule has 1 fully saturated rings.